The number of rotatable bonds is 5. The van der Waals surface area contributed by atoms with E-state index in [-0.39, 0.29) is 17.5 Å². The molecular weight excluding hydrogens is 236 g/mol. The van der Waals surface area contributed by atoms with Crippen molar-refractivity contribution in [2.75, 3.05) is 0 Å². The summed E-state index contributed by atoms with van der Waals surface area (Å²) in [4.78, 5) is 11.5. The molecule has 108 valence electrons. The van der Waals surface area contributed by atoms with Gasteiger partial charge in [-0.3, -0.25) is 4.79 Å². The molecule has 0 radical (unpaired) electrons. The van der Waals surface area contributed by atoms with Crippen molar-refractivity contribution >= 4 is 5.78 Å². The summed E-state index contributed by atoms with van der Waals surface area (Å²) in [5.41, 5.74) is 1.77. The van der Waals surface area contributed by atoms with Gasteiger partial charge in [-0.05, 0) is 57.3 Å². The summed E-state index contributed by atoms with van der Waals surface area (Å²) in [5, 5.41) is 0. The highest BCUT2D eigenvalue weighted by Gasteiger charge is 2.57. The highest BCUT2D eigenvalue weighted by atomic mass is 16.6. The second kappa shape index (κ2) is 5.05. The van der Waals surface area contributed by atoms with Gasteiger partial charge in [0.15, 0.2) is 5.78 Å². The van der Waals surface area contributed by atoms with Crippen LogP contribution in [-0.2, 0) is 9.53 Å². The molecule has 3 unspecified atom stereocenters. The van der Waals surface area contributed by atoms with E-state index in [0.717, 1.165) is 19.3 Å². The quantitative estimate of drug-likeness (QED) is 0.548. The molecule has 2 rings (SSSR count). The van der Waals surface area contributed by atoms with E-state index in [0.29, 0.717) is 11.3 Å². The van der Waals surface area contributed by atoms with Crippen LogP contribution < -0.4 is 0 Å². The van der Waals surface area contributed by atoms with Gasteiger partial charge in [-0.2, -0.15) is 0 Å². The number of carbonyl (C=O) groups excluding carboxylic acids is 1. The van der Waals surface area contributed by atoms with Gasteiger partial charge in [-0.15, -0.1) is 0 Å². The molecule has 0 aromatic heterocycles. The fraction of sp³-hybridized carbons (Fsp3) is 0.824. The SMILES string of the molecule is CCC1(CCC2C(C)=CCCC2(C)C)OC1C(C)=O. The molecule has 0 amide bonds. The van der Waals surface area contributed by atoms with Crippen LogP contribution in [0.2, 0.25) is 0 Å². The Morgan fingerprint density at radius 1 is 1.47 bits per heavy atom. The van der Waals surface area contributed by atoms with Gasteiger partial charge < -0.3 is 4.74 Å². The van der Waals surface area contributed by atoms with Crippen molar-refractivity contribution in [3.05, 3.63) is 11.6 Å². The van der Waals surface area contributed by atoms with Crippen LogP contribution in [0, 0.1) is 11.3 Å². The van der Waals surface area contributed by atoms with E-state index < -0.39 is 0 Å². The highest BCUT2D eigenvalue weighted by Crippen LogP contribution is 2.49. The molecule has 1 fully saturated rings. The number of hydrogen-bond acceptors (Lipinski definition) is 2. The maximum atomic E-state index is 11.5. The fourth-order valence-corrected chi connectivity index (χ4v) is 3.90. The lowest BCUT2D eigenvalue weighted by atomic mass is 9.66. The highest BCUT2D eigenvalue weighted by molar-refractivity contribution is 5.84. The Bertz CT molecular complexity index is 394. The van der Waals surface area contributed by atoms with E-state index in [4.69, 9.17) is 4.74 Å². The summed E-state index contributed by atoms with van der Waals surface area (Å²) in [6.07, 6.45) is 7.86. The van der Waals surface area contributed by atoms with E-state index in [1.807, 2.05) is 0 Å². The minimum atomic E-state index is -0.139. The summed E-state index contributed by atoms with van der Waals surface area (Å²) < 4.78 is 5.74. The Labute approximate surface area is 117 Å². The van der Waals surface area contributed by atoms with Crippen LogP contribution in [0.25, 0.3) is 0 Å². The first-order valence-corrected chi connectivity index (χ1v) is 7.67. The lowest BCUT2D eigenvalue weighted by Gasteiger charge is -2.39. The van der Waals surface area contributed by atoms with Gasteiger partial charge in [0, 0.05) is 0 Å². The summed E-state index contributed by atoms with van der Waals surface area (Å²) >= 11 is 0. The van der Waals surface area contributed by atoms with Crippen molar-refractivity contribution in [3.63, 3.8) is 0 Å². The molecule has 3 atom stereocenters. The minimum absolute atomic E-state index is 0.131. The van der Waals surface area contributed by atoms with Crippen molar-refractivity contribution < 1.29 is 9.53 Å². The summed E-state index contributed by atoms with van der Waals surface area (Å²) in [7, 11) is 0. The molecule has 1 heterocycles. The molecule has 0 saturated carbocycles. The largest absolute Gasteiger partial charge is 0.358 e. The number of allylic oxidation sites excluding steroid dienone is 2. The summed E-state index contributed by atoms with van der Waals surface area (Å²) in [6.45, 7) is 10.8. The second-order valence-corrected chi connectivity index (χ2v) is 7.09. The first-order chi connectivity index (χ1) is 8.82. The lowest BCUT2D eigenvalue weighted by molar-refractivity contribution is -0.118. The predicted molar refractivity (Wildman–Crippen MR) is 78.1 cm³/mol. The van der Waals surface area contributed by atoms with Gasteiger partial charge in [-0.25, -0.2) is 0 Å². The number of Topliss-reactive ketones (excluding diaryl/α,β-unsaturated/α-hetero) is 1. The molecule has 1 saturated heterocycles. The number of ketones is 1. The topological polar surface area (TPSA) is 29.6 Å². The third-order valence-electron chi connectivity index (χ3n) is 5.34. The molecule has 19 heavy (non-hydrogen) atoms. The van der Waals surface area contributed by atoms with Crippen molar-refractivity contribution in [2.24, 2.45) is 11.3 Å². The normalized spacial score (nSPS) is 36.8. The number of epoxide rings is 1. The average molecular weight is 264 g/mol. The van der Waals surface area contributed by atoms with E-state index in [1.54, 1.807) is 6.92 Å². The third-order valence-corrected chi connectivity index (χ3v) is 5.34. The fourth-order valence-electron chi connectivity index (χ4n) is 3.90. The molecule has 2 aliphatic rings. The molecule has 0 aromatic rings. The van der Waals surface area contributed by atoms with Crippen LogP contribution in [0.1, 0.15) is 66.7 Å². The Morgan fingerprint density at radius 3 is 2.63 bits per heavy atom. The molecular formula is C17H28O2. The van der Waals surface area contributed by atoms with Gasteiger partial charge in [0.2, 0.25) is 0 Å². The van der Waals surface area contributed by atoms with E-state index in [2.05, 4.69) is 33.8 Å². The van der Waals surface area contributed by atoms with Crippen molar-refractivity contribution in [2.45, 2.75) is 78.4 Å². The maximum Gasteiger partial charge on any atom is 0.161 e. The smallest absolute Gasteiger partial charge is 0.161 e. The van der Waals surface area contributed by atoms with Crippen molar-refractivity contribution in [3.8, 4) is 0 Å². The van der Waals surface area contributed by atoms with Crippen molar-refractivity contribution in [1.82, 2.24) is 0 Å². The van der Waals surface area contributed by atoms with Gasteiger partial charge in [0.25, 0.3) is 0 Å². The second-order valence-electron chi connectivity index (χ2n) is 7.09. The monoisotopic (exact) mass is 264 g/mol. The minimum Gasteiger partial charge on any atom is -0.358 e. The molecule has 0 N–H and O–H groups in total. The zero-order valence-electron chi connectivity index (χ0n) is 13.1. The molecule has 0 bridgehead atoms. The Kier molecular flexibility index (Phi) is 3.92. The number of carbonyl (C=O) groups is 1. The first-order valence-electron chi connectivity index (χ1n) is 7.67. The van der Waals surface area contributed by atoms with E-state index in [9.17, 15) is 4.79 Å². The van der Waals surface area contributed by atoms with Crippen LogP contribution in [0.4, 0.5) is 0 Å². The van der Waals surface area contributed by atoms with Crippen LogP contribution in [0.15, 0.2) is 11.6 Å². The molecule has 0 aromatic carbocycles. The van der Waals surface area contributed by atoms with Crippen LogP contribution in [0.3, 0.4) is 0 Å². The Hall–Kier alpha value is -0.630. The summed E-state index contributed by atoms with van der Waals surface area (Å²) in [5.74, 6) is 0.832. The molecule has 1 aliphatic carbocycles. The third kappa shape index (κ3) is 2.79. The lowest BCUT2D eigenvalue weighted by Crippen LogP contribution is -2.30. The first kappa shape index (κ1) is 14.8. The van der Waals surface area contributed by atoms with Crippen LogP contribution in [0.5, 0.6) is 0 Å². The number of ether oxygens (including phenoxy) is 1. The summed E-state index contributed by atoms with van der Waals surface area (Å²) in [6, 6.07) is 0. The molecule has 2 nitrogen and oxygen atoms in total. The Morgan fingerprint density at radius 2 is 2.16 bits per heavy atom. The Balaban J connectivity index is 2.00. The standard InChI is InChI=1S/C17H28O2/c1-6-17(15(19-17)13(3)18)11-9-14-12(2)8-7-10-16(14,4)5/h8,14-15H,6-7,9-11H2,1-5H3. The van der Waals surface area contributed by atoms with E-state index in [1.165, 1.54) is 18.4 Å². The zero-order chi connectivity index (χ0) is 14.3. The van der Waals surface area contributed by atoms with E-state index >= 15 is 0 Å². The van der Waals surface area contributed by atoms with Gasteiger partial charge in [0.05, 0.1) is 0 Å². The van der Waals surface area contributed by atoms with Gasteiger partial charge in [0.1, 0.15) is 11.7 Å². The predicted octanol–water partition coefficient (Wildman–Crippen LogP) is 4.29. The molecule has 0 spiro atoms. The number of hydrogen-bond donors (Lipinski definition) is 0. The molecule has 2 heteroatoms. The zero-order valence-corrected chi connectivity index (χ0v) is 13.1. The maximum absolute atomic E-state index is 11.5. The van der Waals surface area contributed by atoms with Crippen molar-refractivity contribution in [1.29, 1.82) is 0 Å². The van der Waals surface area contributed by atoms with Gasteiger partial charge >= 0.3 is 0 Å². The van der Waals surface area contributed by atoms with Crippen LogP contribution >= 0.6 is 0 Å². The molecule has 1 aliphatic heterocycles. The van der Waals surface area contributed by atoms with Gasteiger partial charge in [-0.1, -0.05) is 32.4 Å². The van der Waals surface area contributed by atoms with Crippen LogP contribution in [-0.4, -0.2) is 17.5 Å². The average Bonchev–Trinajstić information content (AvgIpc) is 3.03.